The van der Waals surface area contributed by atoms with E-state index in [1.807, 2.05) is 30.3 Å². The molecule has 5 heteroatoms. The van der Waals surface area contributed by atoms with Gasteiger partial charge in [0, 0.05) is 11.5 Å². The summed E-state index contributed by atoms with van der Waals surface area (Å²) in [4.78, 5) is 2.57. The van der Waals surface area contributed by atoms with Gasteiger partial charge in [0.2, 0.25) is 0 Å². The van der Waals surface area contributed by atoms with Crippen LogP contribution in [0, 0.1) is 5.92 Å². The second-order valence-electron chi connectivity index (χ2n) is 7.55. The molecular formula is C22H25N3O2. The quantitative estimate of drug-likeness (QED) is 0.885. The van der Waals surface area contributed by atoms with Crippen LogP contribution in [0.15, 0.2) is 53.6 Å². The highest BCUT2D eigenvalue weighted by molar-refractivity contribution is 5.95. The van der Waals surface area contributed by atoms with Crippen molar-refractivity contribution in [2.45, 2.75) is 31.5 Å². The summed E-state index contributed by atoms with van der Waals surface area (Å²) < 4.78 is 11.9. The summed E-state index contributed by atoms with van der Waals surface area (Å²) in [5.74, 6) is 2.23. The predicted molar refractivity (Wildman–Crippen MR) is 105 cm³/mol. The smallest absolute Gasteiger partial charge is 0.167 e. The van der Waals surface area contributed by atoms with Gasteiger partial charge in [-0.15, -0.1) is 0 Å². The van der Waals surface area contributed by atoms with E-state index in [9.17, 15) is 0 Å². The third-order valence-electron chi connectivity index (χ3n) is 6.08. The predicted octanol–water partition coefficient (Wildman–Crippen LogP) is 3.37. The van der Waals surface area contributed by atoms with Crippen LogP contribution in [-0.2, 0) is 6.61 Å². The zero-order valence-electron chi connectivity index (χ0n) is 15.6. The van der Waals surface area contributed by atoms with Crippen LogP contribution in [0.1, 0.15) is 30.0 Å². The van der Waals surface area contributed by atoms with Gasteiger partial charge in [-0.1, -0.05) is 42.5 Å². The Morgan fingerprint density at radius 2 is 1.89 bits per heavy atom. The Morgan fingerprint density at radius 3 is 2.67 bits per heavy atom. The first kappa shape index (κ1) is 16.6. The molecule has 2 aromatic rings. The summed E-state index contributed by atoms with van der Waals surface area (Å²) in [7, 11) is 1.70. The van der Waals surface area contributed by atoms with Gasteiger partial charge in [0.15, 0.2) is 11.5 Å². The zero-order valence-corrected chi connectivity index (χ0v) is 15.6. The van der Waals surface area contributed by atoms with Crippen molar-refractivity contribution in [3.63, 3.8) is 0 Å². The average Bonchev–Trinajstić information content (AvgIpc) is 3.21. The van der Waals surface area contributed by atoms with Gasteiger partial charge in [-0.2, -0.15) is 5.10 Å². The van der Waals surface area contributed by atoms with Gasteiger partial charge in [-0.05, 0) is 37.6 Å². The van der Waals surface area contributed by atoms with Crippen LogP contribution in [0.25, 0.3) is 0 Å². The second kappa shape index (κ2) is 6.89. The third-order valence-corrected chi connectivity index (χ3v) is 6.08. The normalized spacial score (nSPS) is 28.3. The van der Waals surface area contributed by atoms with E-state index in [-0.39, 0.29) is 6.04 Å². The lowest BCUT2D eigenvalue weighted by Crippen LogP contribution is -2.56. The molecule has 2 unspecified atom stereocenters. The molecule has 3 fully saturated rings. The fourth-order valence-electron chi connectivity index (χ4n) is 4.72. The SMILES string of the molecule is COc1cccc(C2NN=C3C4CCN(CC4)C32)c1OCc1ccccc1. The van der Waals surface area contributed by atoms with Crippen molar-refractivity contribution in [2.24, 2.45) is 11.0 Å². The third kappa shape index (κ3) is 2.86. The van der Waals surface area contributed by atoms with Crippen LogP contribution in [-0.4, -0.2) is 36.9 Å². The Hall–Kier alpha value is -2.53. The van der Waals surface area contributed by atoms with Crippen molar-refractivity contribution in [1.29, 1.82) is 0 Å². The van der Waals surface area contributed by atoms with Gasteiger partial charge in [0.1, 0.15) is 6.61 Å². The number of fused-ring (bicyclic) bond motifs is 2. The Balaban J connectivity index is 1.46. The highest BCUT2D eigenvalue weighted by Gasteiger charge is 2.47. The van der Waals surface area contributed by atoms with E-state index in [0.717, 1.165) is 35.7 Å². The highest BCUT2D eigenvalue weighted by atomic mass is 16.5. The highest BCUT2D eigenvalue weighted by Crippen LogP contribution is 2.43. The van der Waals surface area contributed by atoms with E-state index in [2.05, 4.69) is 28.5 Å². The zero-order chi connectivity index (χ0) is 18.2. The number of benzene rings is 2. The molecule has 0 radical (unpaired) electrons. The first-order valence-electron chi connectivity index (χ1n) is 9.76. The summed E-state index contributed by atoms with van der Waals surface area (Å²) in [6.45, 7) is 2.85. The molecule has 2 aromatic carbocycles. The van der Waals surface area contributed by atoms with E-state index in [1.54, 1.807) is 7.11 Å². The topological polar surface area (TPSA) is 46.1 Å². The Morgan fingerprint density at radius 1 is 1.07 bits per heavy atom. The fraction of sp³-hybridized carbons (Fsp3) is 0.409. The summed E-state index contributed by atoms with van der Waals surface area (Å²) in [5.41, 5.74) is 7.02. The molecule has 2 bridgehead atoms. The minimum atomic E-state index is 0.115. The molecule has 0 spiro atoms. The first-order chi connectivity index (χ1) is 13.3. The summed E-state index contributed by atoms with van der Waals surface area (Å²) in [6.07, 6.45) is 2.47. The molecule has 5 nitrogen and oxygen atoms in total. The van der Waals surface area contributed by atoms with Crippen molar-refractivity contribution in [1.82, 2.24) is 10.3 Å². The van der Waals surface area contributed by atoms with Gasteiger partial charge in [0.25, 0.3) is 0 Å². The number of ether oxygens (including phenoxy) is 2. The lowest BCUT2D eigenvalue weighted by Gasteiger charge is -2.45. The van der Waals surface area contributed by atoms with Crippen LogP contribution >= 0.6 is 0 Å². The summed E-state index contributed by atoms with van der Waals surface area (Å²) in [6, 6.07) is 16.8. The molecule has 6 rings (SSSR count). The van der Waals surface area contributed by atoms with E-state index in [1.165, 1.54) is 18.6 Å². The van der Waals surface area contributed by atoms with E-state index in [0.29, 0.717) is 18.6 Å². The van der Waals surface area contributed by atoms with Crippen molar-refractivity contribution in [3.8, 4) is 11.5 Å². The number of nitrogens with one attached hydrogen (secondary N) is 1. The Bertz CT molecular complexity index is 844. The molecule has 140 valence electrons. The molecule has 4 aliphatic heterocycles. The molecule has 4 aliphatic rings. The van der Waals surface area contributed by atoms with Crippen molar-refractivity contribution in [3.05, 3.63) is 59.7 Å². The van der Waals surface area contributed by atoms with Crippen LogP contribution in [0.5, 0.6) is 11.5 Å². The van der Waals surface area contributed by atoms with Gasteiger partial charge in [-0.3, -0.25) is 4.90 Å². The van der Waals surface area contributed by atoms with Crippen molar-refractivity contribution in [2.75, 3.05) is 20.2 Å². The van der Waals surface area contributed by atoms with Crippen LogP contribution in [0.2, 0.25) is 0 Å². The number of hydrazone groups is 1. The van der Waals surface area contributed by atoms with Gasteiger partial charge < -0.3 is 14.9 Å². The second-order valence-corrected chi connectivity index (χ2v) is 7.55. The van der Waals surface area contributed by atoms with Crippen molar-refractivity contribution < 1.29 is 9.47 Å². The molecule has 27 heavy (non-hydrogen) atoms. The fourth-order valence-corrected chi connectivity index (χ4v) is 4.72. The van der Waals surface area contributed by atoms with Crippen LogP contribution in [0.3, 0.4) is 0 Å². The summed E-state index contributed by atoms with van der Waals surface area (Å²) in [5, 5.41) is 4.74. The molecule has 0 aromatic heterocycles. The average molecular weight is 363 g/mol. The first-order valence-corrected chi connectivity index (χ1v) is 9.76. The molecular weight excluding hydrogens is 338 g/mol. The molecule has 3 saturated heterocycles. The maximum absolute atomic E-state index is 6.28. The monoisotopic (exact) mass is 363 g/mol. The number of nitrogens with zero attached hydrogens (tertiary/aromatic N) is 2. The number of hydrogen-bond acceptors (Lipinski definition) is 5. The molecule has 2 atom stereocenters. The van der Waals surface area contributed by atoms with Gasteiger partial charge in [-0.25, -0.2) is 0 Å². The maximum atomic E-state index is 6.28. The van der Waals surface area contributed by atoms with E-state index < -0.39 is 0 Å². The van der Waals surface area contributed by atoms with Gasteiger partial charge >= 0.3 is 0 Å². The van der Waals surface area contributed by atoms with Crippen molar-refractivity contribution >= 4 is 5.71 Å². The number of methoxy groups -OCH3 is 1. The van der Waals surface area contributed by atoms with Crippen LogP contribution in [0.4, 0.5) is 0 Å². The molecule has 0 aliphatic carbocycles. The Kier molecular flexibility index (Phi) is 4.24. The number of para-hydroxylation sites is 1. The Labute approximate surface area is 160 Å². The minimum absolute atomic E-state index is 0.115. The molecule has 0 amide bonds. The largest absolute Gasteiger partial charge is 0.493 e. The lowest BCUT2D eigenvalue weighted by molar-refractivity contribution is 0.132. The maximum Gasteiger partial charge on any atom is 0.167 e. The van der Waals surface area contributed by atoms with Crippen LogP contribution < -0.4 is 14.9 Å². The molecule has 0 saturated carbocycles. The number of hydrogen-bond donors (Lipinski definition) is 1. The van der Waals surface area contributed by atoms with E-state index in [4.69, 9.17) is 14.6 Å². The minimum Gasteiger partial charge on any atom is -0.493 e. The molecule has 1 N–H and O–H groups in total. The van der Waals surface area contributed by atoms with E-state index >= 15 is 0 Å². The summed E-state index contributed by atoms with van der Waals surface area (Å²) >= 11 is 0. The van der Waals surface area contributed by atoms with Gasteiger partial charge in [0.05, 0.1) is 24.9 Å². The number of piperidine rings is 3. The molecule has 4 heterocycles. The lowest BCUT2D eigenvalue weighted by atomic mass is 9.78. The number of rotatable bonds is 5. The standard InChI is InChI=1S/C22H25N3O2/c1-26-18-9-5-8-17(22(18)27-14-15-6-3-2-4-7-15)20-21-19(23-24-20)16-10-12-25(21)13-11-16/h2-9,16,20-21,24H,10-14H2,1H3.